The first kappa shape index (κ1) is 16.5. The highest BCUT2D eigenvalue weighted by Gasteiger charge is 2.43. The highest BCUT2D eigenvalue weighted by atomic mass is 32.2. The molecule has 0 aliphatic heterocycles. The molecule has 0 spiro atoms. The van der Waals surface area contributed by atoms with Crippen LogP contribution in [0.5, 0.6) is 0 Å². The van der Waals surface area contributed by atoms with Gasteiger partial charge in [-0.1, -0.05) is 36.8 Å². The van der Waals surface area contributed by atoms with Gasteiger partial charge in [0.05, 0.1) is 5.75 Å². The predicted octanol–water partition coefficient (Wildman–Crippen LogP) is 1.63. The molecule has 1 aromatic rings. The molecule has 0 saturated heterocycles. The van der Waals surface area contributed by atoms with Crippen LogP contribution in [-0.4, -0.2) is 33.2 Å². The van der Waals surface area contributed by atoms with Crippen LogP contribution < -0.4 is 10.0 Å². The monoisotopic (exact) mass is 336 g/mol. The normalized spacial score (nSPS) is 24.0. The second-order valence-electron chi connectivity index (χ2n) is 6.61. The largest absolute Gasteiger partial charge is 0.355 e. The van der Waals surface area contributed by atoms with Crippen LogP contribution in [0.1, 0.15) is 37.2 Å². The van der Waals surface area contributed by atoms with Gasteiger partial charge in [-0.25, -0.2) is 13.1 Å². The van der Waals surface area contributed by atoms with Gasteiger partial charge < -0.3 is 5.32 Å². The maximum absolute atomic E-state index is 12.1. The summed E-state index contributed by atoms with van der Waals surface area (Å²) in [5.74, 6) is 0.687. The molecule has 126 valence electrons. The second kappa shape index (κ2) is 7.01. The molecule has 2 aliphatic rings. The molecule has 0 bridgehead atoms. The average Bonchev–Trinajstić information content (AvgIpc) is 3.26. The van der Waals surface area contributed by atoms with E-state index in [4.69, 9.17) is 0 Å². The molecule has 2 atom stereocenters. The van der Waals surface area contributed by atoms with Crippen molar-refractivity contribution in [1.82, 2.24) is 10.0 Å². The zero-order valence-corrected chi connectivity index (χ0v) is 14.0. The lowest BCUT2D eigenvalue weighted by atomic mass is 9.86. The number of carbonyl (C=O) groups excluding carboxylic acids is 1. The topological polar surface area (TPSA) is 75.3 Å². The van der Waals surface area contributed by atoms with E-state index in [9.17, 15) is 13.2 Å². The summed E-state index contributed by atoms with van der Waals surface area (Å²) < 4.78 is 26.4. The molecule has 0 unspecified atom stereocenters. The Balaban J connectivity index is 1.36. The molecule has 0 aromatic heterocycles. The second-order valence-corrected chi connectivity index (χ2v) is 8.54. The van der Waals surface area contributed by atoms with Crippen LogP contribution in [0.4, 0.5) is 0 Å². The molecule has 23 heavy (non-hydrogen) atoms. The standard InChI is InChI=1S/C17H24N2O3S/c20-17(16-11-15(16)14-7-2-1-3-8-14)18-9-10-23(21,22)19-12-13-5-4-6-13/h1-3,7-8,13,15-16,19H,4-6,9-12H2,(H,18,20)/t15-,16-/m1/s1. The van der Waals surface area contributed by atoms with Crippen molar-refractivity contribution in [2.24, 2.45) is 11.8 Å². The SMILES string of the molecule is O=C(NCCS(=O)(=O)NCC1CCC1)[C@@H]1C[C@@H]1c1ccccc1. The first-order valence-electron chi connectivity index (χ1n) is 8.35. The van der Waals surface area contributed by atoms with Crippen LogP contribution in [0.3, 0.4) is 0 Å². The number of amides is 1. The van der Waals surface area contributed by atoms with Gasteiger partial charge in [-0.3, -0.25) is 4.79 Å². The summed E-state index contributed by atoms with van der Waals surface area (Å²) in [5.41, 5.74) is 1.18. The minimum absolute atomic E-state index is 0.0111. The van der Waals surface area contributed by atoms with E-state index in [1.165, 1.54) is 12.0 Å². The molecule has 2 N–H and O–H groups in total. The molecular weight excluding hydrogens is 312 g/mol. The summed E-state index contributed by atoms with van der Waals surface area (Å²) in [4.78, 5) is 12.1. The number of benzene rings is 1. The average molecular weight is 336 g/mol. The van der Waals surface area contributed by atoms with Crippen molar-refractivity contribution in [2.45, 2.75) is 31.6 Å². The summed E-state index contributed by atoms with van der Waals surface area (Å²) in [6.45, 7) is 0.714. The third-order valence-electron chi connectivity index (χ3n) is 4.84. The minimum atomic E-state index is -3.28. The van der Waals surface area contributed by atoms with E-state index in [2.05, 4.69) is 10.0 Å². The first-order chi connectivity index (χ1) is 11.1. The first-order valence-corrected chi connectivity index (χ1v) is 10.0. The third-order valence-corrected chi connectivity index (χ3v) is 6.19. The van der Waals surface area contributed by atoms with Gasteiger partial charge in [0.1, 0.15) is 0 Å². The van der Waals surface area contributed by atoms with Gasteiger partial charge in [0.15, 0.2) is 0 Å². The Morgan fingerprint density at radius 1 is 1.17 bits per heavy atom. The highest BCUT2D eigenvalue weighted by Crippen LogP contribution is 2.47. The quantitative estimate of drug-likeness (QED) is 0.757. The molecule has 2 aliphatic carbocycles. The number of sulfonamides is 1. The van der Waals surface area contributed by atoms with Gasteiger partial charge in [0, 0.05) is 19.0 Å². The Morgan fingerprint density at radius 3 is 2.57 bits per heavy atom. The van der Waals surface area contributed by atoms with Crippen molar-refractivity contribution in [2.75, 3.05) is 18.8 Å². The Morgan fingerprint density at radius 2 is 1.91 bits per heavy atom. The van der Waals surface area contributed by atoms with E-state index in [1.807, 2.05) is 30.3 Å². The number of rotatable bonds is 8. The summed E-state index contributed by atoms with van der Waals surface area (Å²) in [6.07, 6.45) is 4.28. The number of nitrogens with one attached hydrogen (secondary N) is 2. The third kappa shape index (κ3) is 4.54. The Labute approximate surface area is 137 Å². The predicted molar refractivity (Wildman–Crippen MR) is 89.4 cm³/mol. The van der Waals surface area contributed by atoms with Crippen molar-refractivity contribution >= 4 is 15.9 Å². The maximum Gasteiger partial charge on any atom is 0.223 e. The van der Waals surface area contributed by atoms with E-state index in [-0.39, 0.29) is 30.0 Å². The lowest BCUT2D eigenvalue weighted by molar-refractivity contribution is -0.122. The number of hydrogen-bond acceptors (Lipinski definition) is 3. The fraction of sp³-hybridized carbons (Fsp3) is 0.588. The van der Waals surface area contributed by atoms with Gasteiger partial charge in [-0.2, -0.15) is 0 Å². The maximum atomic E-state index is 12.1. The lowest BCUT2D eigenvalue weighted by Crippen LogP contribution is -2.38. The molecule has 6 heteroatoms. The van der Waals surface area contributed by atoms with Crippen LogP contribution >= 0.6 is 0 Å². The van der Waals surface area contributed by atoms with Gasteiger partial charge in [0.2, 0.25) is 15.9 Å². The molecule has 0 radical (unpaired) electrons. The molecule has 2 saturated carbocycles. The Bertz CT molecular complexity index is 641. The van der Waals surface area contributed by atoms with E-state index < -0.39 is 10.0 Å². The zero-order chi connectivity index (χ0) is 16.3. The van der Waals surface area contributed by atoms with Crippen molar-refractivity contribution < 1.29 is 13.2 Å². The zero-order valence-electron chi connectivity index (χ0n) is 13.2. The molecule has 3 rings (SSSR count). The lowest BCUT2D eigenvalue weighted by Gasteiger charge is -2.25. The number of hydrogen-bond donors (Lipinski definition) is 2. The fourth-order valence-corrected chi connectivity index (χ4v) is 4.01. The van der Waals surface area contributed by atoms with Crippen LogP contribution in [0.25, 0.3) is 0 Å². The molecule has 5 nitrogen and oxygen atoms in total. The molecule has 1 amide bonds. The molecule has 2 fully saturated rings. The van der Waals surface area contributed by atoms with Crippen molar-refractivity contribution in [3.63, 3.8) is 0 Å². The van der Waals surface area contributed by atoms with Crippen molar-refractivity contribution in [3.05, 3.63) is 35.9 Å². The van der Waals surface area contributed by atoms with E-state index in [0.717, 1.165) is 19.3 Å². The summed E-state index contributed by atoms with van der Waals surface area (Å²) in [6, 6.07) is 9.98. The van der Waals surface area contributed by atoms with Gasteiger partial charge >= 0.3 is 0 Å². The molecular formula is C17H24N2O3S. The highest BCUT2D eigenvalue weighted by molar-refractivity contribution is 7.89. The van der Waals surface area contributed by atoms with Gasteiger partial charge in [-0.15, -0.1) is 0 Å². The summed E-state index contributed by atoms with van der Waals surface area (Å²) >= 11 is 0. The van der Waals surface area contributed by atoms with Crippen LogP contribution in [0, 0.1) is 11.8 Å². The smallest absolute Gasteiger partial charge is 0.223 e. The summed E-state index contributed by atoms with van der Waals surface area (Å²) in [5, 5.41) is 2.76. The van der Waals surface area contributed by atoms with Crippen molar-refractivity contribution in [3.8, 4) is 0 Å². The van der Waals surface area contributed by atoms with Crippen LogP contribution in [0.15, 0.2) is 30.3 Å². The van der Waals surface area contributed by atoms with E-state index >= 15 is 0 Å². The van der Waals surface area contributed by atoms with Crippen molar-refractivity contribution in [1.29, 1.82) is 0 Å². The van der Waals surface area contributed by atoms with E-state index in [0.29, 0.717) is 12.5 Å². The Hall–Kier alpha value is -1.40. The fourth-order valence-electron chi connectivity index (χ4n) is 3.01. The minimum Gasteiger partial charge on any atom is -0.355 e. The van der Waals surface area contributed by atoms with Gasteiger partial charge in [0.25, 0.3) is 0 Å². The molecule has 0 heterocycles. The van der Waals surface area contributed by atoms with Crippen LogP contribution in [-0.2, 0) is 14.8 Å². The van der Waals surface area contributed by atoms with Gasteiger partial charge in [-0.05, 0) is 36.7 Å². The Kier molecular flexibility index (Phi) is 5.02. The summed E-state index contributed by atoms with van der Waals surface area (Å²) in [7, 11) is -3.28. The van der Waals surface area contributed by atoms with Crippen LogP contribution in [0.2, 0.25) is 0 Å². The number of carbonyl (C=O) groups is 1. The van der Waals surface area contributed by atoms with E-state index in [1.54, 1.807) is 0 Å². The molecule has 1 aromatic carbocycles.